The van der Waals surface area contributed by atoms with Gasteiger partial charge in [-0.2, -0.15) is 0 Å². The van der Waals surface area contributed by atoms with Gasteiger partial charge in [-0.3, -0.25) is 0 Å². The summed E-state index contributed by atoms with van der Waals surface area (Å²) in [6.45, 7) is 8.96. The summed E-state index contributed by atoms with van der Waals surface area (Å²) in [7, 11) is 0. The van der Waals surface area contributed by atoms with E-state index < -0.39 is 5.60 Å². The van der Waals surface area contributed by atoms with Crippen molar-refractivity contribution in [2.24, 2.45) is 23.7 Å². The second-order valence-corrected chi connectivity index (χ2v) is 6.54. The number of allylic oxidation sites excluding steroid dienone is 2. The predicted molar refractivity (Wildman–Crippen MR) is 68.2 cm³/mol. The standard InChI is InChI=1S/C15H26O/c1-10(2)12-7-8-15(4,16)14-6-5-11(3)9-13(12)14/h9-10,12-14,16H,5-8H2,1-4H3/t12-,13-,14-,15-/m1/s1. The van der Waals surface area contributed by atoms with E-state index in [-0.39, 0.29) is 0 Å². The van der Waals surface area contributed by atoms with Gasteiger partial charge in [-0.05, 0) is 63.2 Å². The van der Waals surface area contributed by atoms with Gasteiger partial charge in [-0.15, -0.1) is 0 Å². The second-order valence-electron chi connectivity index (χ2n) is 6.54. The summed E-state index contributed by atoms with van der Waals surface area (Å²) in [5, 5.41) is 10.5. The van der Waals surface area contributed by atoms with E-state index in [0.29, 0.717) is 11.8 Å². The molecule has 0 heterocycles. The van der Waals surface area contributed by atoms with Crippen LogP contribution in [0.2, 0.25) is 0 Å². The number of aliphatic hydroxyl groups is 1. The lowest BCUT2D eigenvalue weighted by atomic mass is 9.58. The molecule has 1 nitrogen and oxygen atoms in total. The summed E-state index contributed by atoms with van der Waals surface area (Å²) >= 11 is 0. The molecule has 1 saturated carbocycles. The van der Waals surface area contributed by atoms with Crippen LogP contribution in [0, 0.1) is 23.7 Å². The van der Waals surface area contributed by atoms with Crippen LogP contribution in [0.4, 0.5) is 0 Å². The van der Waals surface area contributed by atoms with Crippen molar-refractivity contribution in [3.8, 4) is 0 Å². The molecule has 1 heteroatoms. The van der Waals surface area contributed by atoms with Crippen molar-refractivity contribution in [3.63, 3.8) is 0 Å². The Balaban J connectivity index is 2.27. The van der Waals surface area contributed by atoms with Gasteiger partial charge >= 0.3 is 0 Å². The molecule has 0 saturated heterocycles. The summed E-state index contributed by atoms with van der Waals surface area (Å²) in [5.41, 5.74) is 1.11. The molecule has 16 heavy (non-hydrogen) atoms. The molecule has 4 atom stereocenters. The Kier molecular flexibility index (Phi) is 3.18. The van der Waals surface area contributed by atoms with Crippen molar-refractivity contribution in [3.05, 3.63) is 11.6 Å². The van der Waals surface area contributed by atoms with Gasteiger partial charge in [0.1, 0.15) is 0 Å². The molecule has 0 aromatic heterocycles. The average Bonchev–Trinajstić information content (AvgIpc) is 2.16. The maximum atomic E-state index is 10.5. The highest BCUT2D eigenvalue weighted by Crippen LogP contribution is 2.49. The van der Waals surface area contributed by atoms with Crippen LogP contribution in [0.5, 0.6) is 0 Å². The Morgan fingerprint density at radius 1 is 1.38 bits per heavy atom. The summed E-state index contributed by atoms with van der Waals surface area (Å²) in [4.78, 5) is 0. The van der Waals surface area contributed by atoms with Crippen molar-refractivity contribution >= 4 is 0 Å². The van der Waals surface area contributed by atoms with Crippen molar-refractivity contribution in [1.29, 1.82) is 0 Å². The lowest BCUT2D eigenvalue weighted by molar-refractivity contribution is -0.0807. The molecule has 1 fully saturated rings. The number of hydrogen-bond donors (Lipinski definition) is 1. The third-order valence-electron chi connectivity index (χ3n) is 4.92. The van der Waals surface area contributed by atoms with E-state index >= 15 is 0 Å². The molecule has 2 aliphatic rings. The zero-order valence-corrected chi connectivity index (χ0v) is 11.2. The van der Waals surface area contributed by atoms with Crippen LogP contribution in [0.15, 0.2) is 11.6 Å². The zero-order chi connectivity index (χ0) is 11.9. The Bertz CT molecular complexity index is 288. The Morgan fingerprint density at radius 2 is 2.06 bits per heavy atom. The first-order valence-corrected chi connectivity index (χ1v) is 6.81. The van der Waals surface area contributed by atoms with E-state index in [2.05, 4.69) is 33.8 Å². The van der Waals surface area contributed by atoms with E-state index in [1.54, 1.807) is 0 Å². The molecule has 2 aliphatic carbocycles. The van der Waals surface area contributed by atoms with E-state index in [0.717, 1.165) is 18.3 Å². The van der Waals surface area contributed by atoms with Crippen LogP contribution in [-0.4, -0.2) is 10.7 Å². The van der Waals surface area contributed by atoms with E-state index in [1.165, 1.54) is 24.8 Å². The van der Waals surface area contributed by atoms with E-state index in [9.17, 15) is 5.11 Å². The van der Waals surface area contributed by atoms with Gasteiger partial charge < -0.3 is 5.11 Å². The molecule has 0 amide bonds. The fraction of sp³-hybridized carbons (Fsp3) is 0.867. The highest BCUT2D eigenvalue weighted by atomic mass is 16.3. The molecule has 92 valence electrons. The van der Waals surface area contributed by atoms with Crippen LogP contribution in [-0.2, 0) is 0 Å². The van der Waals surface area contributed by atoms with Gasteiger partial charge in [0.15, 0.2) is 0 Å². The number of hydrogen-bond acceptors (Lipinski definition) is 1. The number of fused-ring (bicyclic) bond motifs is 1. The molecule has 0 aromatic rings. The Morgan fingerprint density at radius 3 is 2.69 bits per heavy atom. The van der Waals surface area contributed by atoms with Gasteiger partial charge in [0.25, 0.3) is 0 Å². The van der Waals surface area contributed by atoms with Gasteiger partial charge in [0.05, 0.1) is 5.60 Å². The molecule has 0 bridgehead atoms. The molecule has 0 spiro atoms. The fourth-order valence-corrected chi connectivity index (χ4v) is 3.87. The fourth-order valence-electron chi connectivity index (χ4n) is 3.87. The zero-order valence-electron chi connectivity index (χ0n) is 11.2. The van der Waals surface area contributed by atoms with Crippen LogP contribution in [0.3, 0.4) is 0 Å². The lowest BCUT2D eigenvalue weighted by Gasteiger charge is -2.49. The summed E-state index contributed by atoms with van der Waals surface area (Å²) < 4.78 is 0. The predicted octanol–water partition coefficient (Wildman–Crippen LogP) is 3.78. The van der Waals surface area contributed by atoms with E-state index in [1.807, 2.05) is 0 Å². The molecule has 0 unspecified atom stereocenters. The smallest absolute Gasteiger partial charge is 0.0653 e. The van der Waals surface area contributed by atoms with Gasteiger partial charge in [0.2, 0.25) is 0 Å². The van der Waals surface area contributed by atoms with Crippen LogP contribution < -0.4 is 0 Å². The second kappa shape index (κ2) is 4.18. The van der Waals surface area contributed by atoms with Gasteiger partial charge in [-0.1, -0.05) is 25.5 Å². The van der Waals surface area contributed by atoms with Crippen molar-refractivity contribution < 1.29 is 5.11 Å². The third kappa shape index (κ3) is 2.07. The maximum Gasteiger partial charge on any atom is 0.0653 e. The van der Waals surface area contributed by atoms with Crippen LogP contribution in [0.1, 0.15) is 53.4 Å². The van der Waals surface area contributed by atoms with Crippen molar-refractivity contribution in [1.82, 2.24) is 0 Å². The molecule has 2 rings (SSSR count). The van der Waals surface area contributed by atoms with Crippen molar-refractivity contribution in [2.45, 2.75) is 59.0 Å². The van der Waals surface area contributed by atoms with Crippen molar-refractivity contribution in [2.75, 3.05) is 0 Å². The first-order chi connectivity index (χ1) is 7.42. The largest absolute Gasteiger partial charge is 0.390 e. The molecule has 0 aliphatic heterocycles. The highest BCUT2D eigenvalue weighted by Gasteiger charge is 2.46. The maximum absolute atomic E-state index is 10.5. The van der Waals surface area contributed by atoms with Crippen LogP contribution in [0.25, 0.3) is 0 Å². The first-order valence-electron chi connectivity index (χ1n) is 6.81. The van der Waals surface area contributed by atoms with E-state index in [4.69, 9.17) is 0 Å². The van der Waals surface area contributed by atoms with Gasteiger partial charge in [0, 0.05) is 0 Å². The minimum atomic E-state index is -0.423. The molecular weight excluding hydrogens is 196 g/mol. The number of rotatable bonds is 1. The summed E-state index contributed by atoms with van der Waals surface area (Å²) in [5.74, 6) is 2.64. The average molecular weight is 222 g/mol. The monoisotopic (exact) mass is 222 g/mol. The molecule has 0 radical (unpaired) electrons. The molecular formula is C15H26O. The SMILES string of the molecule is CC1=C[C@@H]2[C@@H](C(C)C)CC[C@@](C)(O)[C@@H]2CC1. The molecule has 1 N–H and O–H groups in total. The highest BCUT2D eigenvalue weighted by molar-refractivity contribution is 5.13. The van der Waals surface area contributed by atoms with Gasteiger partial charge in [-0.25, -0.2) is 0 Å². The minimum absolute atomic E-state index is 0.423. The summed E-state index contributed by atoms with van der Waals surface area (Å²) in [6.07, 6.45) is 7.01. The first kappa shape index (κ1) is 12.2. The van der Waals surface area contributed by atoms with Crippen LogP contribution >= 0.6 is 0 Å². The lowest BCUT2D eigenvalue weighted by Crippen LogP contribution is -2.48. The topological polar surface area (TPSA) is 20.2 Å². The molecule has 0 aromatic carbocycles. The Labute approximate surface area is 99.9 Å². The summed E-state index contributed by atoms with van der Waals surface area (Å²) in [6, 6.07) is 0. The third-order valence-corrected chi connectivity index (χ3v) is 4.92. The minimum Gasteiger partial charge on any atom is -0.390 e. The normalized spacial score (nSPS) is 44.1. The quantitative estimate of drug-likeness (QED) is 0.669. The Hall–Kier alpha value is -0.300.